The maximum Gasteiger partial charge on any atom is 0.253 e. The highest BCUT2D eigenvalue weighted by Crippen LogP contribution is 2.23. The number of amides is 3. The first-order chi connectivity index (χ1) is 15.9. The van der Waals surface area contributed by atoms with Crippen LogP contribution in [0.5, 0.6) is 0 Å². The molecule has 1 fully saturated rings. The van der Waals surface area contributed by atoms with E-state index >= 15 is 0 Å². The van der Waals surface area contributed by atoms with Gasteiger partial charge in [0.1, 0.15) is 11.9 Å². The fraction of sp³-hybridized carbons (Fsp3) is 0.400. The van der Waals surface area contributed by atoms with Gasteiger partial charge in [-0.3, -0.25) is 14.4 Å². The summed E-state index contributed by atoms with van der Waals surface area (Å²) in [5, 5.41) is 5.61. The second-order valence-corrected chi connectivity index (χ2v) is 8.24. The van der Waals surface area contributed by atoms with Crippen molar-refractivity contribution >= 4 is 17.7 Å². The monoisotopic (exact) mass is 455 g/mol. The number of piperidine rings is 1. The Morgan fingerprint density at radius 1 is 1.09 bits per heavy atom. The van der Waals surface area contributed by atoms with Gasteiger partial charge in [0.15, 0.2) is 0 Å². The van der Waals surface area contributed by atoms with Crippen LogP contribution in [0.25, 0.3) is 0 Å². The molecule has 0 aliphatic carbocycles. The molecule has 176 valence electrons. The van der Waals surface area contributed by atoms with Crippen molar-refractivity contribution in [1.29, 1.82) is 0 Å². The number of aryl methyl sites for hydroxylation is 1. The number of carbonyl (C=O) groups is 3. The van der Waals surface area contributed by atoms with Gasteiger partial charge in [0, 0.05) is 37.9 Å². The van der Waals surface area contributed by atoms with Crippen LogP contribution in [-0.2, 0) is 9.53 Å². The number of carbonyl (C=O) groups excluding carboxylic acids is 3. The topological polar surface area (TPSA) is 87.7 Å². The Morgan fingerprint density at radius 3 is 2.42 bits per heavy atom. The summed E-state index contributed by atoms with van der Waals surface area (Å²) in [6, 6.07) is 11.9. The van der Waals surface area contributed by atoms with Crippen molar-refractivity contribution in [2.24, 2.45) is 5.92 Å². The molecular weight excluding hydrogens is 425 g/mol. The summed E-state index contributed by atoms with van der Waals surface area (Å²) < 4.78 is 18.2. The SMILES string of the molecule is COCCNC(=O)[C@H](NC(=O)c1ccc(F)cc1)C1CCN(C(=O)c2cccc(C)c2)CC1. The van der Waals surface area contributed by atoms with Gasteiger partial charge in [0.2, 0.25) is 5.91 Å². The lowest BCUT2D eigenvalue weighted by Gasteiger charge is -2.36. The Balaban J connectivity index is 1.67. The first kappa shape index (κ1) is 24.4. The van der Waals surface area contributed by atoms with Gasteiger partial charge in [-0.05, 0) is 62.1 Å². The molecule has 3 amide bonds. The lowest BCUT2D eigenvalue weighted by Crippen LogP contribution is -2.54. The van der Waals surface area contributed by atoms with Crippen LogP contribution in [0.3, 0.4) is 0 Å². The molecule has 0 spiro atoms. The molecule has 2 aromatic carbocycles. The van der Waals surface area contributed by atoms with Gasteiger partial charge in [-0.1, -0.05) is 17.7 Å². The Bertz CT molecular complexity index is 972. The zero-order valence-electron chi connectivity index (χ0n) is 19.0. The molecule has 8 heteroatoms. The Labute approximate surface area is 193 Å². The number of benzene rings is 2. The third-order valence-electron chi connectivity index (χ3n) is 5.84. The smallest absolute Gasteiger partial charge is 0.253 e. The Kier molecular flexibility index (Phi) is 8.54. The maximum atomic E-state index is 13.2. The van der Waals surface area contributed by atoms with Crippen LogP contribution >= 0.6 is 0 Å². The van der Waals surface area contributed by atoms with Gasteiger partial charge in [-0.2, -0.15) is 0 Å². The van der Waals surface area contributed by atoms with E-state index in [-0.39, 0.29) is 23.3 Å². The van der Waals surface area contributed by atoms with E-state index < -0.39 is 17.8 Å². The van der Waals surface area contributed by atoms with Crippen LogP contribution in [-0.4, -0.2) is 62.0 Å². The third-order valence-corrected chi connectivity index (χ3v) is 5.84. The van der Waals surface area contributed by atoms with E-state index in [1.165, 1.54) is 24.3 Å². The Morgan fingerprint density at radius 2 is 1.79 bits per heavy atom. The van der Waals surface area contributed by atoms with Gasteiger partial charge < -0.3 is 20.3 Å². The second kappa shape index (κ2) is 11.6. The molecule has 7 nitrogen and oxygen atoms in total. The molecule has 1 saturated heterocycles. The minimum atomic E-state index is -0.768. The van der Waals surface area contributed by atoms with Crippen LogP contribution in [0.15, 0.2) is 48.5 Å². The van der Waals surface area contributed by atoms with Crippen molar-refractivity contribution in [3.63, 3.8) is 0 Å². The highest BCUT2D eigenvalue weighted by Gasteiger charge is 2.34. The van der Waals surface area contributed by atoms with Gasteiger partial charge >= 0.3 is 0 Å². The van der Waals surface area contributed by atoms with Crippen molar-refractivity contribution in [2.75, 3.05) is 33.4 Å². The number of halogens is 1. The van der Waals surface area contributed by atoms with Crippen molar-refractivity contribution in [3.8, 4) is 0 Å². The number of nitrogens with zero attached hydrogens (tertiary/aromatic N) is 1. The summed E-state index contributed by atoms with van der Waals surface area (Å²) in [6.07, 6.45) is 1.15. The molecule has 0 unspecified atom stereocenters. The van der Waals surface area contributed by atoms with Crippen molar-refractivity contribution < 1.29 is 23.5 Å². The molecule has 1 aliphatic heterocycles. The largest absolute Gasteiger partial charge is 0.383 e. The van der Waals surface area contributed by atoms with E-state index in [1.807, 2.05) is 25.1 Å². The Hall–Kier alpha value is -3.26. The maximum absolute atomic E-state index is 13.2. The standard InChI is InChI=1S/C25H30FN3O4/c1-17-4-3-5-20(16-17)25(32)29-13-10-18(11-14-29)22(24(31)27-12-15-33-2)28-23(30)19-6-8-21(26)9-7-19/h3-9,16,18,22H,10-15H2,1-2H3,(H,27,31)(H,28,30)/t22-/m1/s1. The third kappa shape index (κ3) is 6.61. The fourth-order valence-corrected chi connectivity index (χ4v) is 4.01. The summed E-state index contributed by atoms with van der Waals surface area (Å²) in [6.45, 7) is 3.60. The lowest BCUT2D eigenvalue weighted by atomic mass is 9.88. The van der Waals surface area contributed by atoms with Crippen LogP contribution in [0.2, 0.25) is 0 Å². The molecule has 0 radical (unpaired) electrons. The summed E-state index contributed by atoms with van der Waals surface area (Å²) in [5.41, 5.74) is 1.94. The first-order valence-electron chi connectivity index (χ1n) is 11.1. The van der Waals surface area contributed by atoms with E-state index in [0.29, 0.717) is 44.6 Å². The molecule has 1 heterocycles. The number of ether oxygens (including phenoxy) is 1. The lowest BCUT2D eigenvalue weighted by molar-refractivity contribution is -0.124. The molecule has 3 rings (SSSR count). The number of likely N-dealkylation sites (tertiary alicyclic amines) is 1. The molecule has 2 N–H and O–H groups in total. The van der Waals surface area contributed by atoms with E-state index in [0.717, 1.165) is 5.56 Å². The number of nitrogens with one attached hydrogen (secondary N) is 2. The predicted octanol–water partition coefficient (Wildman–Crippen LogP) is 2.55. The van der Waals surface area contributed by atoms with Crippen LogP contribution in [0.1, 0.15) is 39.1 Å². The van der Waals surface area contributed by atoms with Crippen LogP contribution < -0.4 is 10.6 Å². The number of hydrogen-bond acceptors (Lipinski definition) is 4. The van der Waals surface area contributed by atoms with E-state index in [1.54, 1.807) is 18.1 Å². The normalized spacial score (nSPS) is 15.1. The van der Waals surface area contributed by atoms with E-state index in [4.69, 9.17) is 4.74 Å². The quantitative estimate of drug-likeness (QED) is 0.599. The average molecular weight is 456 g/mol. The van der Waals surface area contributed by atoms with Crippen molar-refractivity contribution in [1.82, 2.24) is 15.5 Å². The first-order valence-corrected chi connectivity index (χ1v) is 11.1. The van der Waals surface area contributed by atoms with Gasteiger partial charge in [-0.15, -0.1) is 0 Å². The minimum Gasteiger partial charge on any atom is -0.383 e. The van der Waals surface area contributed by atoms with Gasteiger partial charge in [-0.25, -0.2) is 4.39 Å². The van der Waals surface area contributed by atoms with Crippen molar-refractivity contribution in [3.05, 3.63) is 71.0 Å². The number of rotatable bonds is 8. The highest BCUT2D eigenvalue weighted by molar-refractivity contribution is 5.97. The van der Waals surface area contributed by atoms with Gasteiger partial charge in [0.25, 0.3) is 11.8 Å². The minimum absolute atomic E-state index is 0.0337. The summed E-state index contributed by atoms with van der Waals surface area (Å²) in [5.74, 6) is -1.36. The van der Waals surface area contributed by atoms with Gasteiger partial charge in [0.05, 0.1) is 6.61 Å². The summed E-state index contributed by atoms with van der Waals surface area (Å²) >= 11 is 0. The average Bonchev–Trinajstić information content (AvgIpc) is 2.82. The molecule has 1 aliphatic rings. The molecule has 0 bridgehead atoms. The molecule has 2 aromatic rings. The number of hydrogen-bond donors (Lipinski definition) is 2. The zero-order chi connectivity index (χ0) is 23.8. The summed E-state index contributed by atoms with van der Waals surface area (Å²) in [7, 11) is 1.54. The molecule has 0 aromatic heterocycles. The molecule has 1 atom stereocenters. The highest BCUT2D eigenvalue weighted by atomic mass is 19.1. The van der Waals surface area contributed by atoms with E-state index in [2.05, 4.69) is 10.6 Å². The predicted molar refractivity (Wildman–Crippen MR) is 122 cm³/mol. The summed E-state index contributed by atoms with van der Waals surface area (Å²) in [4.78, 5) is 40.3. The molecule has 33 heavy (non-hydrogen) atoms. The van der Waals surface area contributed by atoms with Crippen molar-refractivity contribution in [2.45, 2.75) is 25.8 Å². The zero-order valence-corrected chi connectivity index (χ0v) is 19.0. The molecule has 0 saturated carbocycles. The van der Waals surface area contributed by atoms with E-state index in [9.17, 15) is 18.8 Å². The van der Waals surface area contributed by atoms with Crippen LogP contribution in [0.4, 0.5) is 4.39 Å². The fourth-order valence-electron chi connectivity index (χ4n) is 4.01. The number of methoxy groups -OCH3 is 1. The van der Waals surface area contributed by atoms with Crippen LogP contribution in [0, 0.1) is 18.7 Å². The molecular formula is C25H30FN3O4. The second-order valence-electron chi connectivity index (χ2n) is 8.24.